The summed E-state index contributed by atoms with van der Waals surface area (Å²) in [5, 5.41) is 9.12. The molecule has 1 N–H and O–H groups in total. The second-order valence-electron chi connectivity index (χ2n) is 4.35. The summed E-state index contributed by atoms with van der Waals surface area (Å²) < 4.78 is 0. The fourth-order valence-electron chi connectivity index (χ4n) is 1.69. The van der Waals surface area contributed by atoms with Gasteiger partial charge < -0.3 is 5.11 Å². The molecule has 0 saturated heterocycles. The van der Waals surface area contributed by atoms with E-state index in [2.05, 4.69) is 9.97 Å². The zero-order chi connectivity index (χ0) is 14.4. The summed E-state index contributed by atoms with van der Waals surface area (Å²) in [6.07, 6.45) is 7.08. The van der Waals surface area contributed by atoms with E-state index in [1.807, 2.05) is 31.2 Å². The standard InChI is InChI=1S/C16H16N2O2/c1-2-15(20)7-6-13-9-17-16(18-10-13)14-5-3-4-12(8-14)11-19/h3-10,19H,2,11H2,1H3/b7-6+. The molecular weight excluding hydrogens is 252 g/mol. The Hall–Kier alpha value is -2.33. The molecule has 0 aliphatic heterocycles. The van der Waals surface area contributed by atoms with Crippen LogP contribution in [-0.2, 0) is 11.4 Å². The molecule has 0 unspecified atom stereocenters. The maximum absolute atomic E-state index is 11.2. The molecule has 1 heterocycles. The molecule has 0 amide bonds. The minimum atomic E-state index is -0.00616. The fourth-order valence-corrected chi connectivity index (χ4v) is 1.69. The summed E-state index contributed by atoms with van der Waals surface area (Å²) in [6.45, 7) is 1.81. The van der Waals surface area contributed by atoms with Crippen LogP contribution in [-0.4, -0.2) is 20.9 Å². The fraction of sp³-hybridized carbons (Fsp3) is 0.188. The summed E-state index contributed by atoms with van der Waals surface area (Å²) in [7, 11) is 0. The molecule has 4 heteroatoms. The molecule has 1 aromatic carbocycles. The Morgan fingerprint density at radius 1 is 1.30 bits per heavy atom. The number of allylic oxidation sites excluding steroid dienone is 1. The summed E-state index contributed by atoms with van der Waals surface area (Å²) in [4.78, 5) is 19.7. The van der Waals surface area contributed by atoms with Gasteiger partial charge in [-0.2, -0.15) is 0 Å². The molecule has 1 aromatic heterocycles. The van der Waals surface area contributed by atoms with Gasteiger partial charge >= 0.3 is 0 Å². The lowest BCUT2D eigenvalue weighted by Crippen LogP contribution is -1.92. The molecule has 2 aromatic rings. The highest BCUT2D eigenvalue weighted by molar-refractivity contribution is 5.93. The van der Waals surface area contributed by atoms with Gasteiger partial charge in [-0.3, -0.25) is 4.79 Å². The lowest BCUT2D eigenvalue weighted by molar-refractivity contribution is -0.114. The first-order chi connectivity index (χ1) is 9.72. The molecule has 4 nitrogen and oxygen atoms in total. The number of aromatic nitrogens is 2. The van der Waals surface area contributed by atoms with Crippen LogP contribution in [0.2, 0.25) is 0 Å². The molecular formula is C16H16N2O2. The van der Waals surface area contributed by atoms with Gasteiger partial charge in [0.25, 0.3) is 0 Å². The maximum atomic E-state index is 11.2. The normalized spacial score (nSPS) is 10.9. The highest BCUT2D eigenvalue weighted by atomic mass is 16.3. The van der Waals surface area contributed by atoms with E-state index in [0.717, 1.165) is 16.7 Å². The maximum Gasteiger partial charge on any atom is 0.159 e. The van der Waals surface area contributed by atoms with Crippen LogP contribution in [0.15, 0.2) is 42.7 Å². The van der Waals surface area contributed by atoms with E-state index >= 15 is 0 Å². The van der Waals surface area contributed by atoms with Crippen LogP contribution in [0.1, 0.15) is 24.5 Å². The smallest absolute Gasteiger partial charge is 0.159 e. The van der Waals surface area contributed by atoms with Crippen LogP contribution in [0.25, 0.3) is 17.5 Å². The second kappa shape index (κ2) is 6.73. The van der Waals surface area contributed by atoms with Crippen molar-refractivity contribution in [2.75, 3.05) is 0 Å². The van der Waals surface area contributed by atoms with Crippen LogP contribution in [0.3, 0.4) is 0 Å². The Labute approximate surface area is 117 Å². The highest BCUT2D eigenvalue weighted by Crippen LogP contribution is 2.16. The number of ketones is 1. The predicted molar refractivity (Wildman–Crippen MR) is 77.7 cm³/mol. The van der Waals surface area contributed by atoms with E-state index in [0.29, 0.717) is 12.2 Å². The lowest BCUT2D eigenvalue weighted by Gasteiger charge is -2.02. The lowest BCUT2D eigenvalue weighted by atomic mass is 10.1. The minimum Gasteiger partial charge on any atom is -0.392 e. The van der Waals surface area contributed by atoms with Crippen molar-refractivity contribution in [3.8, 4) is 11.4 Å². The number of hydrogen-bond donors (Lipinski definition) is 1. The average molecular weight is 268 g/mol. The van der Waals surface area contributed by atoms with Crippen molar-refractivity contribution in [2.45, 2.75) is 20.0 Å². The first-order valence-electron chi connectivity index (χ1n) is 6.46. The van der Waals surface area contributed by atoms with Crippen LogP contribution >= 0.6 is 0 Å². The third-order valence-electron chi connectivity index (χ3n) is 2.85. The molecule has 0 aliphatic rings. The van der Waals surface area contributed by atoms with E-state index < -0.39 is 0 Å². The molecule has 0 radical (unpaired) electrons. The number of aliphatic hydroxyl groups is 1. The zero-order valence-corrected chi connectivity index (χ0v) is 11.3. The summed E-state index contributed by atoms with van der Waals surface area (Å²) in [5.74, 6) is 0.670. The third-order valence-corrected chi connectivity index (χ3v) is 2.85. The number of benzene rings is 1. The van der Waals surface area contributed by atoms with Crippen molar-refractivity contribution in [3.63, 3.8) is 0 Å². The van der Waals surface area contributed by atoms with Gasteiger partial charge in [-0.1, -0.05) is 25.1 Å². The Bertz CT molecular complexity index is 619. The van der Waals surface area contributed by atoms with Crippen molar-refractivity contribution in [2.24, 2.45) is 0 Å². The monoisotopic (exact) mass is 268 g/mol. The quantitative estimate of drug-likeness (QED) is 0.847. The molecule has 0 bridgehead atoms. The topological polar surface area (TPSA) is 63.1 Å². The Morgan fingerprint density at radius 2 is 2.05 bits per heavy atom. The molecule has 20 heavy (non-hydrogen) atoms. The Balaban J connectivity index is 2.19. The van der Waals surface area contributed by atoms with Crippen molar-refractivity contribution >= 4 is 11.9 Å². The van der Waals surface area contributed by atoms with Crippen molar-refractivity contribution in [3.05, 3.63) is 53.9 Å². The molecule has 2 rings (SSSR count). The minimum absolute atomic E-state index is 0.00616. The third kappa shape index (κ3) is 3.59. The summed E-state index contributed by atoms with van der Waals surface area (Å²) in [5.41, 5.74) is 2.47. The van der Waals surface area contributed by atoms with Crippen molar-refractivity contribution in [1.82, 2.24) is 9.97 Å². The molecule has 102 valence electrons. The van der Waals surface area contributed by atoms with Crippen molar-refractivity contribution < 1.29 is 9.90 Å². The van der Waals surface area contributed by atoms with Crippen LogP contribution < -0.4 is 0 Å². The van der Waals surface area contributed by atoms with Gasteiger partial charge in [-0.25, -0.2) is 9.97 Å². The Morgan fingerprint density at radius 3 is 2.70 bits per heavy atom. The number of rotatable bonds is 5. The predicted octanol–water partition coefficient (Wildman–Crippen LogP) is 2.63. The number of hydrogen-bond acceptors (Lipinski definition) is 4. The zero-order valence-electron chi connectivity index (χ0n) is 11.3. The highest BCUT2D eigenvalue weighted by Gasteiger charge is 2.02. The molecule has 0 fully saturated rings. The second-order valence-corrected chi connectivity index (χ2v) is 4.35. The molecule has 0 saturated carbocycles. The van der Waals surface area contributed by atoms with E-state index in [-0.39, 0.29) is 12.4 Å². The van der Waals surface area contributed by atoms with Gasteiger partial charge in [0.2, 0.25) is 0 Å². The first kappa shape index (κ1) is 14.1. The molecule has 0 atom stereocenters. The molecule has 0 spiro atoms. The molecule has 0 aliphatic carbocycles. The van der Waals surface area contributed by atoms with Crippen LogP contribution in [0.5, 0.6) is 0 Å². The first-order valence-corrected chi connectivity index (χ1v) is 6.46. The SMILES string of the molecule is CCC(=O)/C=C/c1cnc(-c2cccc(CO)c2)nc1. The number of aliphatic hydroxyl groups excluding tert-OH is 1. The van der Waals surface area contributed by atoms with Gasteiger partial charge in [0.15, 0.2) is 11.6 Å². The van der Waals surface area contributed by atoms with Gasteiger partial charge in [0.1, 0.15) is 0 Å². The van der Waals surface area contributed by atoms with E-state index in [9.17, 15) is 4.79 Å². The Kier molecular flexibility index (Phi) is 4.74. The largest absolute Gasteiger partial charge is 0.392 e. The van der Waals surface area contributed by atoms with Gasteiger partial charge in [0.05, 0.1) is 6.61 Å². The summed E-state index contributed by atoms with van der Waals surface area (Å²) >= 11 is 0. The van der Waals surface area contributed by atoms with Gasteiger partial charge in [-0.15, -0.1) is 0 Å². The number of nitrogens with zero attached hydrogens (tertiary/aromatic N) is 2. The van der Waals surface area contributed by atoms with E-state index in [4.69, 9.17) is 5.11 Å². The van der Waals surface area contributed by atoms with E-state index in [1.165, 1.54) is 6.08 Å². The summed E-state index contributed by atoms with van der Waals surface area (Å²) in [6, 6.07) is 7.45. The van der Waals surface area contributed by atoms with Crippen LogP contribution in [0.4, 0.5) is 0 Å². The van der Waals surface area contributed by atoms with Crippen molar-refractivity contribution in [1.29, 1.82) is 0 Å². The van der Waals surface area contributed by atoms with Gasteiger partial charge in [0, 0.05) is 29.9 Å². The van der Waals surface area contributed by atoms with Gasteiger partial charge in [-0.05, 0) is 23.8 Å². The average Bonchev–Trinajstić information content (AvgIpc) is 2.53. The number of carbonyl (C=O) groups excluding carboxylic acids is 1. The van der Waals surface area contributed by atoms with E-state index in [1.54, 1.807) is 18.5 Å². The number of carbonyl (C=O) groups is 1. The van der Waals surface area contributed by atoms with Crippen LogP contribution in [0, 0.1) is 0 Å².